The first-order valence-electron chi connectivity index (χ1n) is 8.89. The van der Waals surface area contributed by atoms with Gasteiger partial charge < -0.3 is 9.64 Å². The number of hydrogen-bond donors (Lipinski definition) is 1. The number of carbonyl (C=O) groups excluding carboxylic acids is 1. The quantitative estimate of drug-likeness (QED) is 0.770. The Hall–Kier alpha value is -2.38. The van der Waals surface area contributed by atoms with Gasteiger partial charge in [-0.1, -0.05) is 24.3 Å². The molecular formula is C20H24N2O4S. The molecule has 1 aliphatic rings. The van der Waals surface area contributed by atoms with Gasteiger partial charge in [0, 0.05) is 25.3 Å². The van der Waals surface area contributed by atoms with Crippen molar-refractivity contribution in [2.24, 2.45) is 5.92 Å². The van der Waals surface area contributed by atoms with Crippen molar-refractivity contribution in [3.63, 3.8) is 0 Å². The zero-order valence-corrected chi connectivity index (χ0v) is 16.3. The molecule has 1 saturated heterocycles. The van der Waals surface area contributed by atoms with E-state index in [1.165, 1.54) is 13.2 Å². The molecule has 0 aromatic heterocycles. The van der Waals surface area contributed by atoms with Gasteiger partial charge in [0.2, 0.25) is 10.0 Å². The van der Waals surface area contributed by atoms with Crippen molar-refractivity contribution in [1.29, 1.82) is 0 Å². The molecule has 1 fully saturated rings. The summed E-state index contributed by atoms with van der Waals surface area (Å²) in [7, 11) is -2.43. The molecule has 0 bridgehead atoms. The van der Waals surface area contributed by atoms with Crippen LogP contribution in [-0.2, 0) is 14.8 Å². The summed E-state index contributed by atoms with van der Waals surface area (Å²) in [6.45, 7) is 3.80. The highest BCUT2D eigenvalue weighted by molar-refractivity contribution is 7.89. The molecule has 1 unspecified atom stereocenters. The van der Waals surface area contributed by atoms with Crippen LogP contribution >= 0.6 is 0 Å². The Morgan fingerprint density at radius 1 is 1.22 bits per heavy atom. The maximum absolute atomic E-state index is 12.7. The van der Waals surface area contributed by atoms with E-state index >= 15 is 0 Å². The number of sulfonamides is 1. The minimum atomic E-state index is -3.70. The fraction of sp³-hybridized carbons (Fsp3) is 0.350. The molecule has 1 atom stereocenters. The Bertz CT molecular complexity index is 913. The predicted molar refractivity (Wildman–Crippen MR) is 104 cm³/mol. The normalized spacial score (nSPS) is 17.1. The fourth-order valence-electron chi connectivity index (χ4n) is 3.31. The Kier molecular flexibility index (Phi) is 5.82. The van der Waals surface area contributed by atoms with Crippen LogP contribution in [0.1, 0.15) is 22.3 Å². The van der Waals surface area contributed by atoms with Gasteiger partial charge in [-0.3, -0.25) is 0 Å². The molecule has 0 aliphatic carbocycles. The number of benzene rings is 2. The van der Waals surface area contributed by atoms with Crippen LogP contribution in [-0.4, -0.2) is 41.1 Å². The number of nitrogens with one attached hydrogen (secondary N) is 1. The smallest absolute Gasteiger partial charge is 0.337 e. The standard InChI is InChI=1S/C20H24N2O4S/c1-15-8-9-17(20(23)26-2)12-19(15)27(24,25)21-13-16-10-11-22(14-16)18-6-4-3-5-7-18/h3-9,12,16,21H,10-11,13-14H2,1-2H3. The molecule has 2 aromatic rings. The highest BCUT2D eigenvalue weighted by atomic mass is 32.2. The third-order valence-corrected chi connectivity index (χ3v) is 6.43. The number of methoxy groups -OCH3 is 1. The number of hydrogen-bond acceptors (Lipinski definition) is 5. The second-order valence-corrected chi connectivity index (χ2v) is 8.50. The molecule has 1 aliphatic heterocycles. The van der Waals surface area contributed by atoms with Gasteiger partial charge in [-0.05, 0) is 49.1 Å². The van der Waals surface area contributed by atoms with Crippen molar-refractivity contribution < 1.29 is 17.9 Å². The van der Waals surface area contributed by atoms with E-state index < -0.39 is 16.0 Å². The largest absolute Gasteiger partial charge is 0.465 e. The zero-order chi connectivity index (χ0) is 19.4. The number of ether oxygens (including phenoxy) is 1. The average molecular weight is 388 g/mol. The number of carbonyl (C=O) groups is 1. The van der Waals surface area contributed by atoms with E-state index in [1.54, 1.807) is 19.1 Å². The van der Waals surface area contributed by atoms with Gasteiger partial charge in [-0.15, -0.1) is 0 Å². The molecule has 1 heterocycles. The number of rotatable bonds is 6. The first-order chi connectivity index (χ1) is 12.9. The molecular weight excluding hydrogens is 364 g/mol. The van der Waals surface area contributed by atoms with Crippen molar-refractivity contribution >= 4 is 21.7 Å². The second-order valence-electron chi connectivity index (χ2n) is 6.76. The van der Waals surface area contributed by atoms with Gasteiger partial charge >= 0.3 is 5.97 Å². The van der Waals surface area contributed by atoms with Crippen LogP contribution in [0, 0.1) is 12.8 Å². The summed E-state index contributed by atoms with van der Waals surface area (Å²) in [5, 5.41) is 0. The van der Waals surface area contributed by atoms with Gasteiger partial charge in [-0.25, -0.2) is 17.9 Å². The molecule has 3 rings (SSSR count). The monoisotopic (exact) mass is 388 g/mol. The zero-order valence-electron chi connectivity index (χ0n) is 15.5. The lowest BCUT2D eigenvalue weighted by Gasteiger charge is -2.19. The summed E-state index contributed by atoms with van der Waals surface area (Å²) in [6, 6.07) is 14.7. The Labute approximate surface area is 160 Å². The fourth-order valence-corrected chi connectivity index (χ4v) is 4.70. The van der Waals surface area contributed by atoms with E-state index in [0.29, 0.717) is 12.1 Å². The van der Waals surface area contributed by atoms with Crippen LogP contribution in [0.2, 0.25) is 0 Å². The van der Waals surface area contributed by atoms with Crippen LogP contribution in [0.25, 0.3) is 0 Å². The molecule has 0 radical (unpaired) electrons. The number of nitrogens with zero attached hydrogens (tertiary/aromatic N) is 1. The van der Waals surface area contributed by atoms with Crippen LogP contribution in [0.5, 0.6) is 0 Å². The summed E-state index contributed by atoms with van der Waals surface area (Å²) < 4.78 is 32.9. The van der Waals surface area contributed by atoms with Gasteiger partial charge in [-0.2, -0.15) is 0 Å². The summed E-state index contributed by atoms with van der Waals surface area (Å²) >= 11 is 0. The van der Waals surface area contributed by atoms with Crippen LogP contribution in [0.3, 0.4) is 0 Å². The molecule has 1 N–H and O–H groups in total. The molecule has 144 valence electrons. The predicted octanol–water partition coefficient (Wildman–Crippen LogP) is 2.59. The van der Waals surface area contributed by atoms with E-state index in [-0.39, 0.29) is 16.4 Å². The van der Waals surface area contributed by atoms with E-state index in [1.807, 2.05) is 18.2 Å². The molecule has 0 amide bonds. The summed E-state index contributed by atoms with van der Waals surface area (Å²) in [4.78, 5) is 14.1. The Balaban J connectivity index is 1.67. The summed E-state index contributed by atoms with van der Waals surface area (Å²) in [5.41, 5.74) is 1.97. The molecule has 7 heteroatoms. The minimum absolute atomic E-state index is 0.114. The Morgan fingerprint density at radius 3 is 2.67 bits per heavy atom. The number of aryl methyl sites for hydroxylation is 1. The lowest BCUT2D eigenvalue weighted by molar-refractivity contribution is 0.0600. The van der Waals surface area contributed by atoms with E-state index in [0.717, 1.165) is 25.2 Å². The van der Waals surface area contributed by atoms with Crippen molar-refractivity contribution in [2.45, 2.75) is 18.2 Å². The van der Waals surface area contributed by atoms with Crippen molar-refractivity contribution in [3.8, 4) is 0 Å². The van der Waals surface area contributed by atoms with E-state index in [2.05, 4.69) is 26.5 Å². The van der Waals surface area contributed by atoms with Crippen molar-refractivity contribution in [3.05, 3.63) is 59.7 Å². The van der Waals surface area contributed by atoms with Crippen LogP contribution in [0.4, 0.5) is 5.69 Å². The topological polar surface area (TPSA) is 75.7 Å². The van der Waals surface area contributed by atoms with Gasteiger partial charge in [0.05, 0.1) is 17.6 Å². The molecule has 27 heavy (non-hydrogen) atoms. The molecule has 0 saturated carbocycles. The molecule has 0 spiro atoms. The first kappa shape index (κ1) is 19.4. The maximum atomic E-state index is 12.7. The maximum Gasteiger partial charge on any atom is 0.337 e. The third-order valence-electron chi connectivity index (χ3n) is 4.87. The van der Waals surface area contributed by atoms with Gasteiger partial charge in [0.1, 0.15) is 0 Å². The van der Waals surface area contributed by atoms with Gasteiger partial charge in [0.25, 0.3) is 0 Å². The number of esters is 1. The second kappa shape index (κ2) is 8.10. The lowest BCUT2D eigenvalue weighted by atomic mass is 10.1. The van der Waals surface area contributed by atoms with Crippen molar-refractivity contribution in [2.75, 3.05) is 31.6 Å². The molecule has 6 nitrogen and oxygen atoms in total. The average Bonchev–Trinajstić information content (AvgIpc) is 3.16. The molecule has 2 aromatic carbocycles. The summed E-state index contributed by atoms with van der Waals surface area (Å²) in [5.74, 6) is -0.315. The van der Waals surface area contributed by atoms with Crippen LogP contribution in [0.15, 0.2) is 53.4 Å². The highest BCUT2D eigenvalue weighted by Gasteiger charge is 2.25. The minimum Gasteiger partial charge on any atom is -0.465 e. The first-order valence-corrected chi connectivity index (χ1v) is 10.4. The summed E-state index contributed by atoms with van der Waals surface area (Å²) in [6.07, 6.45) is 0.929. The van der Waals surface area contributed by atoms with Gasteiger partial charge in [0.15, 0.2) is 0 Å². The van der Waals surface area contributed by atoms with Crippen LogP contribution < -0.4 is 9.62 Å². The highest BCUT2D eigenvalue weighted by Crippen LogP contribution is 2.24. The lowest BCUT2D eigenvalue weighted by Crippen LogP contribution is -2.31. The Morgan fingerprint density at radius 2 is 1.96 bits per heavy atom. The number of para-hydroxylation sites is 1. The van der Waals surface area contributed by atoms with Crippen molar-refractivity contribution in [1.82, 2.24) is 4.72 Å². The third kappa shape index (κ3) is 4.48. The van der Waals surface area contributed by atoms with E-state index in [9.17, 15) is 13.2 Å². The van der Waals surface area contributed by atoms with E-state index in [4.69, 9.17) is 0 Å². The SMILES string of the molecule is COC(=O)c1ccc(C)c(S(=O)(=O)NCC2CCN(c3ccccc3)C2)c1. The number of anilines is 1.